The highest BCUT2D eigenvalue weighted by Crippen LogP contribution is 2.38. The first-order chi connectivity index (χ1) is 10.2. The highest BCUT2D eigenvalue weighted by molar-refractivity contribution is 4.99. The van der Waals surface area contributed by atoms with Gasteiger partial charge in [0.1, 0.15) is 0 Å². The molecule has 2 aliphatic carbocycles. The minimum Gasteiger partial charge on any atom is -0.378 e. The maximum absolute atomic E-state index is 5.91. The second-order valence-corrected chi connectivity index (χ2v) is 7.53. The molecule has 4 unspecified atom stereocenters. The molecule has 0 bridgehead atoms. The van der Waals surface area contributed by atoms with E-state index in [1.165, 1.54) is 44.9 Å². The molecule has 0 heterocycles. The summed E-state index contributed by atoms with van der Waals surface area (Å²) in [5.74, 6) is 4.11. The molecule has 1 heteroatoms. The maximum atomic E-state index is 5.91. The molecule has 0 aliphatic heterocycles. The van der Waals surface area contributed by atoms with Gasteiger partial charge in [0.05, 0.1) is 6.10 Å². The van der Waals surface area contributed by atoms with E-state index in [2.05, 4.69) is 39.8 Å². The Hall–Kier alpha value is -0.300. The van der Waals surface area contributed by atoms with Gasteiger partial charge in [-0.2, -0.15) is 0 Å². The molecule has 0 radical (unpaired) electrons. The van der Waals surface area contributed by atoms with Crippen LogP contribution in [0, 0.1) is 29.6 Å². The third-order valence-corrected chi connectivity index (χ3v) is 6.36. The summed E-state index contributed by atoms with van der Waals surface area (Å²) < 4.78 is 5.91. The van der Waals surface area contributed by atoms with E-state index in [4.69, 9.17) is 4.74 Å². The fourth-order valence-corrected chi connectivity index (χ4v) is 4.42. The van der Waals surface area contributed by atoms with Crippen LogP contribution in [0.4, 0.5) is 0 Å². The molecule has 0 N–H and O–H groups in total. The van der Waals surface area contributed by atoms with Gasteiger partial charge in [-0.15, -0.1) is 0 Å². The van der Waals surface area contributed by atoms with E-state index in [1.807, 2.05) is 0 Å². The van der Waals surface area contributed by atoms with Crippen LogP contribution in [0.5, 0.6) is 0 Å². The fourth-order valence-electron chi connectivity index (χ4n) is 4.42. The normalized spacial score (nSPS) is 41.5. The lowest BCUT2D eigenvalue weighted by Crippen LogP contribution is -2.36. The van der Waals surface area contributed by atoms with Crippen LogP contribution in [0.2, 0.25) is 0 Å². The molecule has 0 amide bonds. The van der Waals surface area contributed by atoms with Crippen LogP contribution in [0.25, 0.3) is 0 Å². The minimum absolute atomic E-state index is 0.495. The predicted octanol–water partition coefficient (Wildman–Crippen LogP) is 5.85. The van der Waals surface area contributed by atoms with Crippen molar-refractivity contribution in [1.82, 2.24) is 0 Å². The van der Waals surface area contributed by atoms with Crippen LogP contribution in [0.15, 0.2) is 12.2 Å². The molecule has 0 aromatic heterocycles. The minimum atomic E-state index is 0.495. The monoisotopic (exact) mass is 292 g/mol. The summed E-state index contributed by atoms with van der Waals surface area (Å²) in [4.78, 5) is 0. The van der Waals surface area contributed by atoms with E-state index in [0.29, 0.717) is 12.0 Å². The Labute approximate surface area is 132 Å². The number of hydrogen-bond donors (Lipinski definition) is 0. The lowest BCUT2D eigenvalue weighted by molar-refractivity contribution is -0.0286. The number of ether oxygens (including phenoxy) is 1. The van der Waals surface area contributed by atoms with Crippen molar-refractivity contribution in [3.05, 3.63) is 12.2 Å². The summed E-state index contributed by atoms with van der Waals surface area (Å²) in [5, 5.41) is 0. The zero-order valence-corrected chi connectivity index (χ0v) is 14.7. The van der Waals surface area contributed by atoms with Gasteiger partial charge < -0.3 is 4.74 Å². The van der Waals surface area contributed by atoms with Gasteiger partial charge in [0.2, 0.25) is 0 Å². The van der Waals surface area contributed by atoms with Crippen molar-refractivity contribution in [2.75, 3.05) is 6.61 Å². The first kappa shape index (κ1) is 17.1. The lowest BCUT2D eigenvalue weighted by Gasteiger charge is -2.38. The molecule has 122 valence electrons. The van der Waals surface area contributed by atoms with E-state index in [0.717, 1.165) is 30.3 Å². The molecule has 0 saturated heterocycles. The van der Waals surface area contributed by atoms with Crippen molar-refractivity contribution in [2.24, 2.45) is 29.6 Å². The maximum Gasteiger partial charge on any atom is 0.0603 e. The van der Waals surface area contributed by atoms with Crippen LogP contribution in [0.1, 0.15) is 72.6 Å². The second-order valence-electron chi connectivity index (χ2n) is 7.53. The molecule has 0 aromatic rings. The molecule has 4 atom stereocenters. The molecule has 1 nitrogen and oxygen atoms in total. The van der Waals surface area contributed by atoms with Gasteiger partial charge in [0.25, 0.3) is 0 Å². The molecule has 0 spiro atoms. The fraction of sp³-hybridized carbons (Fsp3) is 0.900. The van der Waals surface area contributed by atoms with Crippen molar-refractivity contribution >= 4 is 0 Å². The molecule has 2 aliphatic rings. The van der Waals surface area contributed by atoms with Crippen LogP contribution in [0.3, 0.4) is 0 Å². The van der Waals surface area contributed by atoms with Crippen molar-refractivity contribution in [3.8, 4) is 0 Å². The molecule has 0 aromatic carbocycles. The molecule has 2 fully saturated rings. The predicted molar refractivity (Wildman–Crippen MR) is 91.3 cm³/mol. The van der Waals surface area contributed by atoms with Gasteiger partial charge >= 0.3 is 0 Å². The zero-order chi connectivity index (χ0) is 15.2. The molecule has 21 heavy (non-hydrogen) atoms. The van der Waals surface area contributed by atoms with E-state index in [-0.39, 0.29) is 0 Å². The number of allylic oxidation sites excluding steroid dienone is 2. The molecular weight excluding hydrogens is 256 g/mol. The van der Waals surface area contributed by atoms with Crippen LogP contribution >= 0.6 is 0 Å². The SMILES string of the molecule is CCOC1CCC(C=CC2CCC(CC)CC2)C(C)C1C. The topological polar surface area (TPSA) is 9.23 Å². The standard InChI is InChI=1S/C20H36O/c1-5-17-7-9-18(10-8-17)11-12-19-13-14-20(21-6-2)16(4)15(19)3/h11-12,15-20H,5-10,13-14H2,1-4H3. The molecular formula is C20H36O. The Bertz CT molecular complexity index is 314. The second kappa shape index (κ2) is 8.36. The average molecular weight is 293 g/mol. The number of rotatable bonds is 5. The summed E-state index contributed by atoms with van der Waals surface area (Å²) >= 11 is 0. The van der Waals surface area contributed by atoms with Gasteiger partial charge in [-0.1, -0.05) is 39.3 Å². The van der Waals surface area contributed by atoms with Crippen molar-refractivity contribution in [3.63, 3.8) is 0 Å². The molecule has 2 rings (SSSR count). The summed E-state index contributed by atoms with van der Waals surface area (Å²) in [7, 11) is 0. The van der Waals surface area contributed by atoms with Crippen molar-refractivity contribution in [1.29, 1.82) is 0 Å². The van der Waals surface area contributed by atoms with Crippen LogP contribution in [-0.4, -0.2) is 12.7 Å². The lowest BCUT2D eigenvalue weighted by atomic mass is 9.71. The highest BCUT2D eigenvalue weighted by Gasteiger charge is 2.33. The van der Waals surface area contributed by atoms with Crippen molar-refractivity contribution in [2.45, 2.75) is 78.7 Å². The summed E-state index contributed by atoms with van der Waals surface area (Å²) in [6, 6.07) is 0. The first-order valence-electron chi connectivity index (χ1n) is 9.45. The third-order valence-electron chi connectivity index (χ3n) is 6.36. The average Bonchev–Trinajstić information content (AvgIpc) is 2.52. The summed E-state index contributed by atoms with van der Waals surface area (Å²) in [6.07, 6.45) is 15.3. The first-order valence-corrected chi connectivity index (χ1v) is 9.45. The van der Waals surface area contributed by atoms with E-state index in [1.54, 1.807) is 0 Å². The van der Waals surface area contributed by atoms with Gasteiger partial charge in [-0.25, -0.2) is 0 Å². The Balaban J connectivity index is 1.82. The molecule has 2 saturated carbocycles. The third kappa shape index (κ3) is 4.58. The zero-order valence-electron chi connectivity index (χ0n) is 14.7. The Morgan fingerprint density at radius 3 is 2.19 bits per heavy atom. The van der Waals surface area contributed by atoms with E-state index >= 15 is 0 Å². The highest BCUT2D eigenvalue weighted by atomic mass is 16.5. The summed E-state index contributed by atoms with van der Waals surface area (Å²) in [5.41, 5.74) is 0. The van der Waals surface area contributed by atoms with Gasteiger partial charge in [0.15, 0.2) is 0 Å². The Morgan fingerprint density at radius 1 is 0.857 bits per heavy atom. The van der Waals surface area contributed by atoms with Crippen molar-refractivity contribution < 1.29 is 4.74 Å². The Morgan fingerprint density at radius 2 is 1.57 bits per heavy atom. The van der Waals surface area contributed by atoms with Gasteiger partial charge in [-0.3, -0.25) is 0 Å². The van der Waals surface area contributed by atoms with Gasteiger partial charge in [-0.05, 0) is 75.0 Å². The van der Waals surface area contributed by atoms with Crippen LogP contribution < -0.4 is 0 Å². The van der Waals surface area contributed by atoms with E-state index < -0.39 is 0 Å². The van der Waals surface area contributed by atoms with Crippen LogP contribution in [-0.2, 0) is 4.74 Å². The largest absolute Gasteiger partial charge is 0.378 e. The number of hydrogen-bond acceptors (Lipinski definition) is 1. The smallest absolute Gasteiger partial charge is 0.0603 e. The Kier molecular flexibility index (Phi) is 6.79. The van der Waals surface area contributed by atoms with E-state index in [9.17, 15) is 0 Å². The quantitative estimate of drug-likeness (QED) is 0.578. The van der Waals surface area contributed by atoms with Gasteiger partial charge in [0, 0.05) is 6.61 Å². The summed E-state index contributed by atoms with van der Waals surface area (Å²) in [6.45, 7) is 10.1.